The van der Waals surface area contributed by atoms with E-state index in [2.05, 4.69) is 11.9 Å². The smallest absolute Gasteiger partial charge is 0.330 e. The van der Waals surface area contributed by atoms with Gasteiger partial charge in [-0.25, -0.2) is 4.79 Å². The first kappa shape index (κ1) is 13.7. The fourth-order valence-electron chi connectivity index (χ4n) is 0.988. The highest BCUT2D eigenvalue weighted by molar-refractivity contribution is 5.81. The monoisotopic (exact) mass is 213 g/mol. The number of carbonyl (C=O) groups is 2. The molecule has 0 bridgehead atoms. The third-order valence-electron chi connectivity index (χ3n) is 1.88. The summed E-state index contributed by atoms with van der Waals surface area (Å²) in [6.45, 7) is 6.24. The van der Waals surface area contributed by atoms with Crippen LogP contribution in [0.15, 0.2) is 12.7 Å². The third kappa shape index (κ3) is 9.00. The number of nitrogens with one attached hydrogen (secondary N) is 1. The molecule has 1 amide bonds. The van der Waals surface area contributed by atoms with Crippen LogP contribution in [0.2, 0.25) is 0 Å². The molecule has 0 fully saturated rings. The van der Waals surface area contributed by atoms with Crippen LogP contribution in [-0.2, 0) is 14.3 Å². The molecule has 0 aromatic heterocycles. The standard InChI is InChI=1S/C11H19NO3/c1-3-10(13)12-8-6-5-7-9-15-11(14)4-2/h4H,2-3,5-9H2,1H3,(H,12,13). The second kappa shape index (κ2) is 9.24. The highest BCUT2D eigenvalue weighted by Gasteiger charge is 1.97. The highest BCUT2D eigenvalue weighted by atomic mass is 16.5. The van der Waals surface area contributed by atoms with Gasteiger partial charge in [0.2, 0.25) is 5.91 Å². The predicted octanol–water partition coefficient (Wildman–Crippen LogP) is 1.41. The summed E-state index contributed by atoms with van der Waals surface area (Å²) in [7, 11) is 0. The molecule has 0 aromatic rings. The summed E-state index contributed by atoms with van der Waals surface area (Å²) in [4.78, 5) is 21.5. The fraction of sp³-hybridized carbons (Fsp3) is 0.636. The van der Waals surface area contributed by atoms with Gasteiger partial charge in [-0.05, 0) is 19.3 Å². The Bertz CT molecular complexity index is 214. The van der Waals surface area contributed by atoms with E-state index in [4.69, 9.17) is 4.74 Å². The van der Waals surface area contributed by atoms with E-state index in [-0.39, 0.29) is 11.9 Å². The Labute approximate surface area is 90.7 Å². The summed E-state index contributed by atoms with van der Waals surface area (Å²) in [6, 6.07) is 0. The normalized spacial score (nSPS) is 9.40. The minimum absolute atomic E-state index is 0.0769. The average Bonchev–Trinajstić information content (AvgIpc) is 2.26. The van der Waals surface area contributed by atoms with Gasteiger partial charge in [-0.2, -0.15) is 0 Å². The van der Waals surface area contributed by atoms with Gasteiger partial charge in [0.15, 0.2) is 0 Å². The molecule has 4 heteroatoms. The van der Waals surface area contributed by atoms with Crippen molar-refractivity contribution in [1.29, 1.82) is 0 Å². The zero-order valence-electron chi connectivity index (χ0n) is 9.25. The molecule has 0 unspecified atom stereocenters. The summed E-state index contributed by atoms with van der Waals surface area (Å²) in [6.07, 6.45) is 4.35. The van der Waals surface area contributed by atoms with Crippen LogP contribution < -0.4 is 5.32 Å². The zero-order chi connectivity index (χ0) is 11.5. The fourth-order valence-corrected chi connectivity index (χ4v) is 0.988. The molecule has 86 valence electrons. The maximum absolute atomic E-state index is 10.8. The van der Waals surface area contributed by atoms with Crippen molar-refractivity contribution in [2.45, 2.75) is 32.6 Å². The van der Waals surface area contributed by atoms with Crippen LogP contribution in [0.25, 0.3) is 0 Å². The van der Waals surface area contributed by atoms with Gasteiger partial charge in [-0.15, -0.1) is 0 Å². The molecule has 1 N–H and O–H groups in total. The van der Waals surface area contributed by atoms with E-state index in [0.29, 0.717) is 19.6 Å². The van der Waals surface area contributed by atoms with E-state index in [1.807, 2.05) is 6.92 Å². The second-order valence-corrected chi connectivity index (χ2v) is 3.14. The molecule has 0 saturated heterocycles. The van der Waals surface area contributed by atoms with Crippen LogP contribution in [0.3, 0.4) is 0 Å². The molecular formula is C11H19NO3. The average molecular weight is 213 g/mol. The summed E-state index contributed by atoms with van der Waals surface area (Å²) < 4.78 is 4.80. The van der Waals surface area contributed by atoms with Crippen LogP contribution in [0, 0.1) is 0 Å². The Morgan fingerprint density at radius 2 is 2.07 bits per heavy atom. The Balaban J connectivity index is 3.15. The minimum Gasteiger partial charge on any atom is -0.463 e. The van der Waals surface area contributed by atoms with E-state index in [9.17, 15) is 9.59 Å². The second-order valence-electron chi connectivity index (χ2n) is 3.14. The Hall–Kier alpha value is -1.32. The van der Waals surface area contributed by atoms with Gasteiger partial charge in [-0.1, -0.05) is 13.5 Å². The lowest BCUT2D eigenvalue weighted by atomic mass is 10.2. The summed E-state index contributed by atoms with van der Waals surface area (Å²) >= 11 is 0. The Kier molecular flexibility index (Phi) is 8.43. The molecule has 0 rings (SSSR count). The van der Waals surface area contributed by atoms with Crippen molar-refractivity contribution in [2.24, 2.45) is 0 Å². The van der Waals surface area contributed by atoms with Crippen LogP contribution in [-0.4, -0.2) is 25.0 Å². The highest BCUT2D eigenvalue weighted by Crippen LogP contribution is 1.95. The van der Waals surface area contributed by atoms with Gasteiger partial charge in [0, 0.05) is 19.0 Å². The number of esters is 1. The molecule has 0 aliphatic rings. The van der Waals surface area contributed by atoms with Crippen molar-refractivity contribution >= 4 is 11.9 Å². The number of unbranched alkanes of at least 4 members (excludes halogenated alkanes) is 2. The SMILES string of the molecule is C=CC(=O)OCCCCCNC(=O)CC. The van der Waals surface area contributed by atoms with Crippen LogP contribution in [0.4, 0.5) is 0 Å². The van der Waals surface area contributed by atoms with Crippen molar-refractivity contribution in [2.75, 3.05) is 13.2 Å². The third-order valence-corrected chi connectivity index (χ3v) is 1.88. The van der Waals surface area contributed by atoms with Gasteiger partial charge in [0.25, 0.3) is 0 Å². The zero-order valence-corrected chi connectivity index (χ0v) is 9.25. The summed E-state index contributed by atoms with van der Waals surface area (Å²) in [5, 5.41) is 2.78. The van der Waals surface area contributed by atoms with E-state index in [0.717, 1.165) is 25.3 Å². The molecule has 0 atom stereocenters. The first-order valence-corrected chi connectivity index (χ1v) is 5.26. The lowest BCUT2D eigenvalue weighted by molar-refractivity contribution is -0.137. The van der Waals surface area contributed by atoms with E-state index < -0.39 is 0 Å². The van der Waals surface area contributed by atoms with Crippen molar-refractivity contribution in [3.8, 4) is 0 Å². The Morgan fingerprint density at radius 3 is 2.67 bits per heavy atom. The number of hydrogen-bond acceptors (Lipinski definition) is 3. The lowest BCUT2D eigenvalue weighted by Crippen LogP contribution is -2.23. The van der Waals surface area contributed by atoms with Crippen molar-refractivity contribution < 1.29 is 14.3 Å². The van der Waals surface area contributed by atoms with Crippen molar-refractivity contribution in [1.82, 2.24) is 5.32 Å². The predicted molar refractivity (Wildman–Crippen MR) is 58.3 cm³/mol. The van der Waals surface area contributed by atoms with Crippen molar-refractivity contribution in [3.63, 3.8) is 0 Å². The first-order valence-electron chi connectivity index (χ1n) is 5.26. The van der Waals surface area contributed by atoms with Gasteiger partial charge < -0.3 is 10.1 Å². The maximum Gasteiger partial charge on any atom is 0.330 e. The van der Waals surface area contributed by atoms with Gasteiger partial charge in [-0.3, -0.25) is 4.79 Å². The molecule has 15 heavy (non-hydrogen) atoms. The van der Waals surface area contributed by atoms with E-state index in [1.165, 1.54) is 0 Å². The lowest BCUT2D eigenvalue weighted by Gasteiger charge is -2.03. The van der Waals surface area contributed by atoms with E-state index in [1.54, 1.807) is 0 Å². The molecule has 0 saturated carbocycles. The topological polar surface area (TPSA) is 55.4 Å². The molecule has 0 aliphatic heterocycles. The van der Waals surface area contributed by atoms with Gasteiger partial charge in [0.05, 0.1) is 6.61 Å². The number of carbonyl (C=O) groups excluding carboxylic acids is 2. The number of rotatable bonds is 8. The summed E-state index contributed by atoms with van der Waals surface area (Å²) in [5.74, 6) is -0.303. The largest absolute Gasteiger partial charge is 0.463 e. The van der Waals surface area contributed by atoms with Gasteiger partial charge >= 0.3 is 5.97 Å². The summed E-state index contributed by atoms with van der Waals surface area (Å²) in [5.41, 5.74) is 0. The van der Waals surface area contributed by atoms with Gasteiger partial charge in [0.1, 0.15) is 0 Å². The van der Waals surface area contributed by atoms with Crippen LogP contribution in [0.1, 0.15) is 32.6 Å². The molecular weight excluding hydrogens is 194 g/mol. The first-order chi connectivity index (χ1) is 7.20. The minimum atomic E-state index is -0.380. The Morgan fingerprint density at radius 1 is 1.33 bits per heavy atom. The van der Waals surface area contributed by atoms with E-state index >= 15 is 0 Å². The quantitative estimate of drug-likeness (QED) is 0.377. The molecule has 4 nitrogen and oxygen atoms in total. The molecule has 0 aliphatic carbocycles. The molecule has 0 heterocycles. The molecule has 0 aromatic carbocycles. The number of hydrogen-bond donors (Lipinski definition) is 1. The number of amides is 1. The maximum atomic E-state index is 10.8. The van der Waals surface area contributed by atoms with Crippen molar-refractivity contribution in [3.05, 3.63) is 12.7 Å². The van der Waals surface area contributed by atoms with Crippen LogP contribution >= 0.6 is 0 Å². The number of ether oxygens (including phenoxy) is 1. The molecule has 0 spiro atoms. The van der Waals surface area contributed by atoms with Crippen LogP contribution in [0.5, 0.6) is 0 Å². The molecule has 0 radical (unpaired) electrons.